The molecule has 0 unspecified atom stereocenters. The number of thiophene rings is 2. The average molecular weight is 401 g/mol. The van der Waals surface area contributed by atoms with Gasteiger partial charge in [-0.25, -0.2) is 0 Å². The Morgan fingerprint density at radius 2 is 1.70 bits per heavy atom. The molecule has 7 heteroatoms. The van der Waals surface area contributed by atoms with Gasteiger partial charge >= 0.3 is 11.8 Å². The van der Waals surface area contributed by atoms with Crippen molar-refractivity contribution in [2.75, 3.05) is 6.54 Å². The molecule has 0 fully saturated rings. The highest BCUT2D eigenvalue weighted by Gasteiger charge is 2.16. The molecule has 3 rings (SSSR count). The van der Waals surface area contributed by atoms with Crippen LogP contribution in [-0.4, -0.2) is 23.5 Å². The molecule has 3 N–H and O–H groups in total. The van der Waals surface area contributed by atoms with Crippen LogP contribution in [0.15, 0.2) is 60.0 Å². The Hall–Kier alpha value is -2.48. The summed E-state index contributed by atoms with van der Waals surface area (Å²) < 4.78 is 0. The zero-order chi connectivity index (χ0) is 19.1. The van der Waals surface area contributed by atoms with Gasteiger partial charge < -0.3 is 15.7 Å². The lowest BCUT2D eigenvalue weighted by Crippen LogP contribution is -2.40. The third-order valence-corrected chi connectivity index (χ3v) is 6.00. The Kier molecular flexibility index (Phi) is 6.75. The smallest absolute Gasteiger partial charge is 0.309 e. The highest BCUT2D eigenvalue weighted by atomic mass is 32.1. The number of rotatable bonds is 7. The molecule has 0 bridgehead atoms. The van der Waals surface area contributed by atoms with E-state index < -0.39 is 17.9 Å². The predicted molar refractivity (Wildman–Crippen MR) is 108 cm³/mol. The molecule has 27 heavy (non-hydrogen) atoms. The molecule has 0 spiro atoms. The van der Waals surface area contributed by atoms with Crippen LogP contribution in [0.2, 0.25) is 0 Å². The van der Waals surface area contributed by atoms with Crippen LogP contribution >= 0.6 is 22.7 Å². The van der Waals surface area contributed by atoms with Crippen LogP contribution in [-0.2, 0) is 22.6 Å². The number of carbonyl (C=O) groups excluding carboxylic acids is 2. The highest BCUT2D eigenvalue weighted by Crippen LogP contribution is 2.30. The Morgan fingerprint density at radius 1 is 0.926 bits per heavy atom. The Morgan fingerprint density at radius 3 is 2.44 bits per heavy atom. The molecule has 140 valence electrons. The van der Waals surface area contributed by atoms with Gasteiger partial charge in [-0.2, -0.15) is 0 Å². The third-order valence-electron chi connectivity index (χ3n) is 3.94. The summed E-state index contributed by atoms with van der Waals surface area (Å²) in [6.45, 7) is 0.666. The van der Waals surface area contributed by atoms with Crippen LogP contribution in [0.3, 0.4) is 0 Å². The lowest BCUT2D eigenvalue weighted by molar-refractivity contribution is -0.139. The van der Waals surface area contributed by atoms with Gasteiger partial charge in [-0.05, 0) is 35.6 Å². The average Bonchev–Trinajstić information content (AvgIpc) is 3.38. The number of nitrogens with one attached hydrogen (secondary N) is 2. The van der Waals surface area contributed by atoms with Crippen LogP contribution in [0.4, 0.5) is 0 Å². The first-order valence-electron chi connectivity index (χ1n) is 8.53. The van der Waals surface area contributed by atoms with E-state index in [1.54, 1.807) is 0 Å². The second-order valence-electron chi connectivity index (χ2n) is 5.90. The minimum absolute atomic E-state index is 0.257. The van der Waals surface area contributed by atoms with E-state index in [0.717, 1.165) is 20.2 Å². The molecule has 1 atom stereocenters. The van der Waals surface area contributed by atoms with Crippen molar-refractivity contribution in [2.24, 2.45) is 0 Å². The summed E-state index contributed by atoms with van der Waals surface area (Å²) in [6.07, 6.45) is 0.0233. The fourth-order valence-corrected chi connectivity index (χ4v) is 4.28. The summed E-state index contributed by atoms with van der Waals surface area (Å²) in [7, 11) is 0. The zero-order valence-electron chi connectivity index (χ0n) is 14.6. The summed E-state index contributed by atoms with van der Waals surface area (Å²) in [4.78, 5) is 26.4. The van der Waals surface area contributed by atoms with Gasteiger partial charge in [0.1, 0.15) is 6.10 Å². The molecule has 2 amide bonds. The molecule has 5 nitrogen and oxygen atoms in total. The zero-order valence-corrected chi connectivity index (χ0v) is 16.2. The lowest BCUT2D eigenvalue weighted by atomic mass is 10.1. The van der Waals surface area contributed by atoms with Crippen molar-refractivity contribution in [3.8, 4) is 0 Å². The van der Waals surface area contributed by atoms with Gasteiger partial charge in [0.05, 0.1) is 6.54 Å². The van der Waals surface area contributed by atoms with Crippen molar-refractivity contribution in [3.05, 3.63) is 80.2 Å². The Bertz CT molecular complexity index is 876. The maximum atomic E-state index is 11.9. The molecular weight excluding hydrogens is 380 g/mol. The second kappa shape index (κ2) is 9.45. The van der Waals surface area contributed by atoms with Crippen molar-refractivity contribution in [2.45, 2.75) is 19.1 Å². The van der Waals surface area contributed by atoms with Gasteiger partial charge in [0.2, 0.25) is 0 Å². The van der Waals surface area contributed by atoms with Crippen molar-refractivity contribution in [1.82, 2.24) is 10.6 Å². The SMILES string of the molecule is O=C(NCCc1ccccc1)C(=O)NCc1ccc([C@H](O)c2cccs2)s1. The third kappa shape index (κ3) is 5.50. The van der Waals surface area contributed by atoms with Crippen molar-refractivity contribution >= 4 is 34.5 Å². The summed E-state index contributed by atoms with van der Waals surface area (Å²) in [5.41, 5.74) is 1.11. The minimum atomic E-state index is -0.656. The number of amides is 2. The number of carbonyl (C=O) groups is 2. The van der Waals surface area contributed by atoms with Gasteiger partial charge in [0.25, 0.3) is 0 Å². The molecule has 2 aromatic heterocycles. The predicted octanol–water partition coefficient (Wildman–Crippen LogP) is 2.87. The van der Waals surface area contributed by atoms with Gasteiger partial charge in [-0.1, -0.05) is 36.4 Å². The van der Waals surface area contributed by atoms with E-state index in [9.17, 15) is 14.7 Å². The summed E-state index contributed by atoms with van der Waals surface area (Å²) in [5.74, 6) is -1.29. The topological polar surface area (TPSA) is 78.4 Å². The van der Waals surface area contributed by atoms with E-state index in [1.807, 2.05) is 60.0 Å². The summed E-state index contributed by atoms with van der Waals surface area (Å²) in [6, 6.07) is 17.2. The van der Waals surface area contributed by atoms with Crippen LogP contribution in [0.5, 0.6) is 0 Å². The van der Waals surface area contributed by atoms with Crippen LogP contribution < -0.4 is 10.6 Å². The first kappa shape index (κ1) is 19.3. The van der Waals surface area contributed by atoms with Gasteiger partial charge in [0, 0.05) is 21.2 Å². The first-order chi connectivity index (χ1) is 13.1. The molecule has 0 saturated heterocycles. The van der Waals surface area contributed by atoms with E-state index in [-0.39, 0.29) is 6.54 Å². The van der Waals surface area contributed by atoms with Gasteiger partial charge in [-0.15, -0.1) is 22.7 Å². The van der Waals surface area contributed by atoms with E-state index in [2.05, 4.69) is 10.6 Å². The van der Waals surface area contributed by atoms with E-state index in [4.69, 9.17) is 0 Å². The molecule has 2 heterocycles. The van der Waals surface area contributed by atoms with Crippen molar-refractivity contribution in [1.29, 1.82) is 0 Å². The Labute approximate surface area is 165 Å². The van der Waals surface area contributed by atoms with Gasteiger partial charge in [-0.3, -0.25) is 9.59 Å². The Balaban J connectivity index is 1.43. The number of benzene rings is 1. The fraction of sp³-hybridized carbons (Fsp3) is 0.200. The number of hydrogen-bond donors (Lipinski definition) is 3. The normalized spacial score (nSPS) is 11.7. The standard InChI is InChI=1S/C20H20N2O3S2/c23-18(16-7-4-12-26-16)17-9-8-15(27-17)13-22-20(25)19(24)21-11-10-14-5-2-1-3-6-14/h1-9,12,18,23H,10-11,13H2,(H,21,24)(H,22,25)/t18-/m1/s1. The van der Waals surface area contributed by atoms with Crippen molar-refractivity contribution < 1.29 is 14.7 Å². The van der Waals surface area contributed by atoms with Crippen LogP contribution in [0.25, 0.3) is 0 Å². The minimum Gasteiger partial charge on any atom is -0.382 e. The van der Waals surface area contributed by atoms with E-state index in [1.165, 1.54) is 22.7 Å². The second-order valence-corrected chi connectivity index (χ2v) is 8.08. The first-order valence-corrected chi connectivity index (χ1v) is 10.2. The largest absolute Gasteiger partial charge is 0.382 e. The molecule has 3 aromatic rings. The van der Waals surface area contributed by atoms with Crippen LogP contribution in [0.1, 0.15) is 26.3 Å². The van der Waals surface area contributed by atoms with Gasteiger partial charge in [0.15, 0.2) is 0 Å². The monoisotopic (exact) mass is 400 g/mol. The highest BCUT2D eigenvalue weighted by molar-refractivity contribution is 7.12. The molecule has 1 aromatic carbocycles. The summed E-state index contributed by atoms with van der Waals surface area (Å²) in [5, 5.41) is 17.5. The maximum absolute atomic E-state index is 11.9. The quantitative estimate of drug-likeness (QED) is 0.534. The lowest BCUT2D eigenvalue weighted by Gasteiger charge is -2.06. The number of aliphatic hydroxyl groups is 1. The summed E-state index contributed by atoms with van der Waals surface area (Å²) >= 11 is 2.92. The van der Waals surface area contributed by atoms with Crippen LogP contribution in [0, 0.1) is 0 Å². The van der Waals surface area contributed by atoms with Crippen molar-refractivity contribution in [3.63, 3.8) is 0 Å². The molecule has 0 aliphatic rings. The van der Waals surface area contributed by atoms with E-state index in [0.29, 0.717) is 13.0 Å². The maximum Gasteiger partial charge on any atom is 0.309 e. The fourth-order valence-electron chi connectivity index (χ4n) is 2.52. The number of hydrogen-bond acceptors (Lipinski definition) is 5. The molecule has 0 radical (unpaired) electrons. The molecule has 0 aliphatic heterocycles. The number of aliphatic hydroxyl groups excluding tert-OH is 1. The molecule has 0 aliphatic carbocycles. The molecular formula is C20H20N2O3S2. The molecule has 0 saturated carbocycles. The van der Waals surface area contributed by atoms with E-state index >= 15 is 0 Å².